The molecule has 0 atom stereocenters. The topological polar surface area (TPSA) is 80.3 Å². The summed E-state index contributed by atoms with van der Waals surface area (Å²) in [7, 11) is 0. The van der Waals surface area contributed by atoms with E-state index in [-0.39, 0.29) is 18.4 Å². The van der Waals surface area contributed by atoms with E-state index in [4.69, 9.17) is 16.3 Å². The molecule has 3 aromatic rings. The lowest BCUT2D eigenvalue weighted by Gasteiger charge is -2.11. The summed E-state index contributed by atoms with van der Waals surface area (Å²) >= 11 is 7.52. The van der Waals surface area contributed by atoms with E-state index in [9.17, 15) is 9.59 Å². The second kappa shape index (κ2) is 9.28. The Hall–Kier alpha value is -2.90. The number of carbonyl (C=O) groups is 2. The standard InChI is InChI=1S/C22H20ClN3O3S/c23-16-7-1-2-8-17(16)29-13-19(27)26-22-20(15-6-3-9-18(15)30-22)21(28)25-12-14-5-4-10-24-11-14/h1-2,4-5,7-8,10-11H,3,6,9,12-13H2,(H,25,28)(H,26,27). The molecule has 6 nitrogen and oxygen atoms in total. The smallest absolute Gasteiger partial charge is 0.262 e. The third kappa shape index (κ3) is 4.63. The van der Waals surface area contributed by atoms with Gasteiger partial charge < -0.3 is 15.4 Å². The van der Waals surface area contributed by atoms with Crippen molar-refractivity contribution in [1.29, 1.82) is 0 Å². The van der Waals surface area contributed by atoms with Crippen molar-refractivity contribution in [3.63, 3.8) is 0 Å². The predicted octanol–water partition coefficient (Wildman–Crippen LogP) is 4.23. The van der Waals surface area contributed by atoms with Crippen LogP contribution in [0.1, 0.15) is 32.8 Å². The lowest BCUT2D eigenvalue weighted by atomic mass is 10.1. The number of benzene rings is 1. The highest BCUT2D eigenvalue weighted by Crippen LogP contribution is 2.39. The van der Waals surface area contributed by atoms with Crippen LogP contribution in [-0.2, 0) is 24.2 Å². The quantitative estimate of drug-likeness (QED) is 0.575. The van der Waals surface area contributed by atoms with Crippen LogP contribution < -0.4 is 15.4 Å². The molecular formula is C22H20ClN3O3S. The van der Waals surface area contributed by atoms with E-state index in [0.29, 0.717) is 27.9 Å². The van der Waals surface area contributed by atoms with Crippen LogP contribution in [0.15, 0.2) is 48.8 Å². The van der Waals surface area contributed by atoms with Gasteiger partial charge in [-0.15, -0.1) is 11.3 Å². The lowest BCUT2D eigenvalue weighted by Crippen LogP contribution is -2.26. The number of hydrogen-bond donors (Lipinski definition) is 2. The van der Waals surface area contributed by atoms with Gasteiger partial charge in [0, 0.05) is 23.8 Å². The van der Waals surface area contributed by atoms with Crippen molar-refractivity contribution in [2.24, 2.45) is 0 Å². The number of nitrogens with one attached hydrogen (secondary N) is 2. The summed E-state index contributed by atoms with van der Waals surface area (Å²) < 4.78 is 5.51. The number of fused-ring (bicyclic) bond motifs is 1. The zero-order valence-corrected chi connectivity index (χ0v) is 17.7. The molecule has 0 aliphatic heterocycles. The average molecular weight is 442 g/mol. The number of aryl methyl sites for hydroxylation is 1. The highest BCUT2D eigenvalue weighted by atomic mass is 35.5. The molecule has 0 bridgehead atoms. The Bertz CT molecular complexity index is 1070. The van der Waals surface area contributed by atoms with E-state index in [1.54, 1.807) is 36.7 Å². The van der Waals surface area contributed by atoms with Gasteiger partial charge in [0.05, 0.1) is 10.6 Å². The minimum atomic E-state index is -0.337. The summed E-state index contributed by atoms with van der Waals surface area (Å²) in [4.78, 5) is 30.6. The van der Waals surface area contributed by atoms with Gasteiger partial charge in [-0.1, -0.05) is 29.8 Å². The maximum atomic E-state index is 12.9. The first-order chi connectivity index (χ1) is 14.6. The summed E-state index contributed by atoms with van der Waals surface area (Å²) in [5, 5.41) is 6.79. The second-order valence-electron chi connectivity index (χ2n) is 6.87. The summed E-state index contributed by atoms with van der Waals surface area (Å²) in [6, 6.07) is 10.7. The first-order valence-corrected chi connectivity index (χ1v) is 10.8. The van der Waals surface area contributed by atoms with Gasteiger partial charge in [0.15, 0.2) is 6.61 Å². The highest BCUT2D eigenvalue weighted by molar-refractivity contribution is 7.17. The molecule has 8 heteroatoms. The number of hydrogen-bond acceptors (Lipinski definition) is 5. The van der Waals surface area contributed by atoms with Crippen LogP contribution in [0.4, 0.5) is 5.00 Å². The molecule has 0 saturated carbocycles. The number of rotatable bonds is 7. The molecule has 1 aromatic carbocycles. The number of pyridine rings is 1. The molecule has 1 aliphatic rings. The van der Waals surface area contributed by atoms with E-state index in [1.165, 1.54) is 11.3 Å². The van der Waals surface area contributed by atoms with Crippen molar-refractivity contribution in [2.45, 2.75) is 25.8 Å². The number of halogens is 1. The minimum absolute atomic E-state index is 0.191. The van der Waals surface area contributed by atoms with Gasteiger partial charge in [0.2, 0.25) is 0 Å². The Morgan fingerprint density at radius 1 is 1.17 bits per heavy atom. The molecule has 0 radical (unpaired) electrons. The third-order valence-electron chi connectivity index (χ3n) is 4.77. The maximum Gasteiger partial charge on any atom is 0.262 e. The molecule has 2 aromatic heterocycles. The number of nitrogens with zero attached hydrogens (tertiary/aromatic N) is 1. The fourth-order valence-corrected chi connectivity index (χ4v) is 4.87. The number of thiophene rings is 1. The predicted molar refractivity (Wildman–Crippen MR) is 117 cm³/mol. The second-order valence-corrected chi connectivity index (χ2v) is 8.39. The summed E-state index contributed by atoms with van der Waals surface area (Å²) in [5.74, 6) is -0.0887. The summed E-state index contributed by atoms with van der Waals surface area (Å²) in [6.45, 7) is 0.184. The van der Waals surface area contributed by atoms with Gasteiger partial charge in [-0.05, 0) is 48.6 Å². The van der Waals surface area contributed by atoms with Gasteiger partial charge in [0.25, 0.3) is 11.8 Å². The molecular weight excluding hydrogens is 422 g/mol. The van der Waals surface area contributed by atoms with Crippen LogP contribution in [0.2, 0.25) is 5.02 Å². The number of carbonyl (C=O) groups excluding carboxylic acids is 2. The molecule has 1 aliphatic carbocycles. The van der Waals surface area contributed by atoms with Gasteiger partial charge in [0.1, 0.15) is 10.8 Å². The molecule has 0 unspecified atom stereocenters. The zero-order chi connectivity index (χ0) is 20.9. The largest absolute Gasteiger partial charge is 0.482 e. The zero-order valence-electron chi connectivity index (χ0n) is 16.1. The van der Waals surface area contributed by atoms with Crippen LogP contribution in [0.5, 0.6) is 5.75 Å². The Balaban J connectivity index is 1.45. The minimum Gasteiger partial charge on any atom is -0.482 e. The Morgan fingerprint density at radius 2 is 2.03 bits per heavy atom. The van der Waals surface area contributed by atoms with E-state index >= 15 is 0 Å². The molecule has 0 fully saturated rings. The van der Waals surface area contributed by atoms with Crippen molar-refractivity contribution in [3.05, 3.63) is 75.4 Å². The van der Waals surface area contributed by atoms with Crippen molar-refractivity contribution in [3.8, 4) is 5.75 Å². The van der Waals surface area contributed by atoms with Gasteiger partial charge in [-0.3, -0.25) is 14.6 Å². The fraction of sp³-hybridized carbons (Fsp3) is 0.227. The lowest BCUT2D eigenvalue weighted by molar-refractivity contribution is -0.118. The summed E-state index contributed by atoms with van der Waals surface area (Å²) in [6.07, 6.45) is 6.19. The first-order valence-electron chi connectivity index (χ1n) is 9.60. The normalized spacial score (nSPS) is 12.3. The monoisotopic (exact) mass is 441 g/mol. The van der Waals surface area contributed by atoms with Crippen molar-refractivity contribution in [1.82, 2.24) is 10.3 Å². The Labute approximate surface area is 183 Å². The molecule has 4 rings (SSSR count). The average Bonchev–Trinajstić information content (AvgIpc) is 3.33. The van der Waals surface area contributed by atoms with E-state index in [2.05, 4.69) is 15.6 Å². The molecule has 2 N–H and O–H groups in total. The number of amides is 2. The third-order valence-corrected chi connectivity index (χ3v) is 6.29. The molecule has 30 heavy (non-hydrogen) atoms. The SMILES string of the molecule is O=C(COc1ccccc1Cl)Nc1sc2c(c1C(=O)NCc1cccnc1)CCC2. The molecule has 0 spiro atoms. The first kappa shape index (κ1) is 20.4. The number of para-hydroxylation sites is 1. The van der Waals surface area contributed by atoms with E-state index in [0.717, 1.165) is 35.3 Å². The molecule has 2 heterocycles. The Morgan fingerprint density at radius 3 is 2.83 bits per heavy atom. The molecule has 2 amide bonds. The van der Waals surface area contributed by atoms with Crippen LogP contribution in [0.3, 0.4) is 0 Å². The molecule has 0 saturated heterocycles. The summed E-state index contributed by atoms with van der Waals surface area (Å²) in [5.41, 5.74) is 2.50. The van der Waals surface area contributed by atoms with Crippen molar-refractivity contribution in [2.75, 3.05) is 11.9 Å². The molecule has 154 valence electrons. The van der Waals surface area contributed by atoms with Gasteiger partial charge >= 0.3 is 0 Å². The van der Waals surface area contributed by atoms with E-state index in [1.807, 2.05) is 12.1 Å². The number of anilines is 1. The van der Waals surface area contributed by atoms with Crippen LogP contribution in [0, 0.1) is 0 Å². The number of ether oxygens (including phenoxy) is 1. The van der Waals surface area contributed by atoms with Crippen LogP contribution >= 0.6 is 22.9 Å². The van der Waals surface area contributed by atoms with Crippen LogP contribution in [-0.4, -0.2) is 23.4 Å². The Kier molecular flexibility index (Phi) is 6.30. The maximum absolute atomic E-state index is 12.9. The van der Waals surface area contributed by atoms with Crippen molar-refractivity contribution < 1.29 is 14.3 Å². The number of aromatic nitrogens is 1. The van der Waals surface area contributed by atoms with Gasteiger partial charge in [-0.2, -0.15) is 0 Å². The fourth-order valence-electron chi connectivity index (χ4n) is 3.37. The highest BCUT2D eigenvalue weighted by Gasteiger charge is 2.27. The van der Waals surface area contributed by atoms with Crippen molar-refractivity contribution >= 4 is 39.8 Å². The van der Waals surface area contributed by atoms with Crippen LogP contribution in [0.25, 0.3) is 0 Å². The van der Waals surface area contributed by atoms with E-state index < -0.39 is 0 Å². The van der Waals surface area contributed by atoms with Gasteiger partial charge in [-0.25, -0.2) is 0 Å².